The van der Waals surface area contributed by atoms with Gasteiger partial charge in [-0.05, 0) is 31.5 Å². The molecule has 1 rings (SSSR count). The summed E-state index contributed by atoms with van der Waals surface area (Å²) < 4.78 is 18.3. The fourth-order valence-corrected chi connectivity index (χ4v) is 1.53. The van der Waals surface area contributed by atoms with Crippen molar-refractivity contribution in [1.29, 1.82) is 0 Å². The predicted octanol–water partition coefficient (Wildman–Crippen LogP) is 2.55. The molecule has 4 nitrogen and oxygen atoms in total. The van der Waals surface area contributed by atoms with Gasteiger partial charge in [-0.2, -0.15) is 0 Å². The van der Waals surface area contributed by atoms with E-state index in [1.165, 1.54) is 18.2 Å². The third-order valence-corrected chi connectivity index (χ3v) is 2.47. The standard InChI is InChI=1S/C13H19FN2O2/c1-3-4-9(2)18-8-13(17)16-10-5-6-11(14)12(15)7-10/h5-7,9H,3-4,8,15H2,1-2H3,(H,16,17). The number of ether oxygens (including phenoxy) is 1. The van der Waals surface area contributed by atoms with Crippen molar-refractivity contribution >= 4 is 17.3 Å². The molecule has 0 aliphatic rings. The van der Waals surface area contributed by atoms with Gasteiger partial charge in [0.25, 0.3) is 0 Å². The van der Waals surface area contributed by atoms with Gasteiger partial charge in [-0.3, -0.25) is 4.79 Å². The SMILES string of the molecule is CCCC(C)OCC(=O)Nc1ccc(F)c(N)c1. The smallest absolute Gasteiger partial charge is 0.250 e. The highest BCUT2D eigenvalue weighted by molar-refractivity contribution is 5.92. The predicted molar refractivity (Wildman–Crippen MR) is 69.8 cm³/mol. The average Bonchev–Trinajstić information content (AvgIpc) is 2.32. The second kappa shape index (κ2) is 6.96. The van der Waals surface area contributed by atoms with E-state index in [0.29, 0.717) is 5.69 Å². The molecular formula is C13H19FN2O2. The summed E-state index contributed by atoms with van der Waals surface area (Å²) in [7, 11) is 0. The van der Waals surface area contributed by atoms with Crippen molar-refractivity contribution in [2.75, 3.05) is 17.7 Å². The molecule has 1 amide bonds. The third-order valence-electron chi connectivity index (χ3n) is 2.47. The van der Waals surface area contributed by atoms with Crippen molar-refractivity contribution in [1.82, 2.24) is 0 Å². The Morgan fingerprint density at radius 1 is 1.56 bits per heavy atom. The number of carbonyl (C=O) groups excluding carboxylic acids is 1. The number of nitrogen functional groups attached to an aromatic ring is 1. The number of anilines is 2. The first-order valence-electron chi connectivity index (χ1n) is 5.99. The molecule has 0 aliphatic heterocycles. The van der Waals surface area contributed by atoms with E-state index in [0.717, 1.165) is 12.8 Å². The van der Waals surface area contributed by atoms with E-state index in [-0.39, 0.29) is 24.3 Å². The van der Waals surface area contributed by atoms with Gasteiger partial charge in [-0.1, -0.05) is 13.3 Å². The summed E-state index contributed by atoms with van der Waals surface area (Å²) in [5.41, 5.74) is 5.87. The van der Waals surface area contributed by atoms with E-state index in [9.17, 15) is 9.18 Å². The number of hydrogen-bond acceptors (Lipinski definition) is 3. The normalized spacial score (nSPS) is 12.2. The lowest BCUT2D eigenvalue weighted by Gasteiger charge is -2.12. The Balaban J connectivity index is 2.42. The maximum atomic E-state index is 12.9. The molecule has 100 valence electrons. The van der Waals surface area contributed by atoms with Gasteiger partial charge in [-0.25, -0.2) is 4.39 Å². The summed E-state index contributed by atoms with van der Waals surface area (Å²) in [5.74, 6) is -0.773. The van der Waals surface area contributed by atoms with Gasteiger partial charge in [0.15, 0.2) is 0 Å². The molecule has 1 aromatic rings. The zero-order valence-corrected chi connectivity index (χ0v) is 10.7. The number of carbonyl (C=O) groups is 1. The molecule has 5 heteroatoms. The number of hydrogen-bond donors (Lipinski definition) is 2. The van der Waals surface area contributed by atoms with Gasteiger partial charge in [-0.15, -0.1) is 0 Å². The lowest BCUT2D eigenvalue weighted by Crippen LogP contribution is -2.21. The molecule has 0 saturated carbocycles. The van der Waals surface area contributed by atoms with Gasteiger partial charge in [0, 0.05) is 5.69 Å². The van der Waals surface area contributed by atoms with Crippen LogP contribution in [-0.2, 0) is 9.53 Å². The zero-order chi connectivity index (χ0) is 13.5. The van der Waals surface area contributed by atoms with Crippen molar-refractivity contribution in [2.24, 2.45) is 0 Å². The quantitative estimate of drug-likeness (QED) is 0.767. The first kappa shape index (κ1) is 14.4. The third kappa shape index (κ3) is 4.71. The van der Waals surface area contributed by atoms with E-state index in [1.54, 1.807) is 0 Å². The molecule has 3 N–H and O–H groups in total. The van der Waals surface area contributed by atoms with Gasteiger partial charge < -0.3 is 15.8 Å². The number of halogens is 1. The maximum absolute atomic E-state index is 12.9. The fourth-order valence-electron chi connectivity index (χ4n) is 1.53. The van der Waals surface area contributed by atoms with Crippen LogP contribution in [-0.4, -0.2) is 18.6 Å². The second-order valence-electron chi connectivity index (χ2n) is 4.19. The minimum Gasteiger partial charge on any atom is -0.396 e. The molecule has 0 bridgehead atoms. The van der Waals surface area contributed by atoms with Crippen molar-refractivity contribution in [3.8, 4) is 0 Å². The number of nitrogens with two attached hydrogens (primary N) is 1. The van der Waals surface area contributed by atoms with E-state index >= 15 is 0 Å². The van der Waals surface area contributed by atoms with Crippen LogP contribution in [0.5, 0.6) is 0 Å². The molecule has 0 saturated heterocycles. The highest BCUT2D eigenvalue weighted by atomic mass is 19.1. The van der Waals surface area contributed by atoms with Crippen LogP contribution >= 0.6 is 0 Å². The van der Waals surface area contributed by atoms with Crippen LogP contribution in [0, 0.1) is 5.82 Å². The highest BCUT2D eigenvalue weighted by Gasteiger charge is 2.07. The molecule has 0 aromatic heterocycles. The van der Waals surface area contributed by atoms with Crippen molar-refractivity contribution < 1.29 is 13.9 Å². The van der Waals surface area contributed by atoms with Crippen LogP contribution in [0.25, 0.3) is 0 Å². The number of amides is 1. The Bertz CT molecular complexity index is 410. The van der Waals surface area contributed by atoms with Gasteiger partial charge >= 0.3 is 0 Å². The molecular weight excluding hydrogens is 235 g/mol. The van der Waals surface area contributed by atoms with E-state index in [2.05, 4.69) is 12.2 Å². The topological polar surface area (TPSA) is 64.3 Å². The lowest BCUT2D eigenvalue weighted by atomic mass is 10.2. The van der Waals surface area contributed by atoms with Crippen LogP contribution in [0.1, 0.15) is 26.7 Å². The van der Waals surface area contributed by atoms with Crippen molar-refractivity contribution in [2.45, 2.75) is 32.8 Å². The van der Waals surface area contributed by atoms with E-state index < -0.39 is 5.82 Å². The summed E-state index contributed by atoms with van der Waals surface area (Å²) in [6.45, 7) is 3.96. The Labute approximate surface area is 106 Å². The highest BCUT2D eigenvalue weighted by Crippen LogP contribution is 2.16. The molecule has 0 radical (unpaired) electrons. The number of rotatable bonds is 6. The van der Waals surface area contributed by atoms with Gasteiger partial charge in [0.1, 0.15) is 12.4 Å². The first-order chi connectivity index (χ1) is 8.52. The monoisotopic (exact) mass is 254 g/mol. The Kier molecular flexibility index (Phi) is 5.58. The fraction of sp³-hybridized carbons (Fsp3) is 0.462. The Hall–Kier alpha value is -1.62. The molecule has 0 heterocycles. The molecule has 1 aromatic carbocycles. The second-order valence-corrected chi connectivity index (χ2v) is 4.19. The lowest BCUT2D eigenvalue weighted by molar-refractivity contribution is -0.122. The minimum atomic E-state index is -0.499. The van der Waals surface area contributed by atoms with Gasteiger partial charge in [0.2, 0.25) is 5.91 Å². The van der Waals surface area contributed by atoms with Crippen LogP contribution in [0.4, 0.5) is 15.8 Å². The summed E-state index contributed by atoms with van der Waals surface area (Å²) in [4.78, 5) is 11.5. The zero-order valence-electron chi connectivity index (χ0n) is 10.7. The summed E-state index contributed by atoms with van der Waals surface area (Å²) in [6.07, 6.45) is 1.98. The molecule has 18 heavy (non-hydrogen) atoms. The van der Waals surface area contributed by atoms with Crippen LogP contribution in [0.15, 0.2) is 18.2 Å². The maximum Gasteiger partial charge on any atom is 0.250 e. The number of nitrogens with one attached hydrogen (secondary N) is 1. The molecule has 0 aliphatic carbocycles. The van der Waals surface area contributed by atoms with Crippen molar-refractivity contribution in [3.63, 3.8) is 0 Å². The van der Waals surface area contributed by atoms with Crippen LogP contribution in [0.2, 0.25) is 0 Å². The molecule has 1 unspecified atom stereocenters. The Morgan fingerprint density at radius 2 is 2.28 bits per heavy atom. The first-order valence-corrected chi connectivity index (χ1v) is 5.99. The summed E-state index contributed by atoms with van der Waals surface area (Å²) >= 11 is 0. The molecule has 0 fully saturated rings. The minimum absolute atomic E-state index is 0.00747. The van der Waals surface area contributed by atoms with E-state index in [4.69, 9.17) is 10.5 Å². The summed E-state index contributed by atoms with van der Waals surface area (Å²) in [6, 6.07) is 4.05. The molecule has 0 spiro atoms. The van der Waals surface area contributed by atoms with Crippen molar-refractivity contribution in [3.05, 3.63) is 24.0 Å². The Morgan fingerprint density at radius 3 is 2.89 bits per heavy atom. The largest absolute Gasteiger partial charge is 0.396 e. The van der Waals surface area contributed by atoms with Crippen LogP contribution in [0.3, 0.4) is 0 Å². The summed E-state index contributed by atoms with van der Waals surface area (Å²) in [5, 5.41) is 2.60. The molecule has 1 atom stereocenters. The average molecular weight is 254 g/mol. The van der Waals surface area contributed by atoms with Gasteiger partial charge in [0.05, 0.1) is 11.8 Å². The van der Waals surface area contributed by atoms with E-state index in [1.807, 2.05) is 6.92 Å². The van der Waals surface area contributed by atoms with Crippen LogP contribution < -0.4 is 11.1 Å². The number of benzene rings is 1.